The highest BCUT2D eigenvalue weighted by molar-refractivity contribution is 14.0. The molecule has 1 fully saturated rings. The topological polar surface area (TPSA) is 66.3 Å². The van der Waals surface area contributed by atoms with Crippen molar-refractivity contribution in [1.82, 2.24) is 10.2 Å². The Kier molecular flexibility index (Phi) is 6.13. The van der Waals surface area contributed by atoms with Crippen molar-refractivity contribution < 1.29 is 14.6 Å². The van der Waals surface area contributed by atoms with Crippen molar-refractivity contribution in [3.63, 3.8) is 0 Å². The number of aliphatic imine (C=N–C) groups is 1. The zero-order valence-electron chi connectivity index (χ0n) is 12.6. The van der Waals surface area contributed by atoms with Gasteiger partial charge in [-0.05, 0) is 31.0 Å². The second-order valence-corrected chi connectivity index (χ2v) is 5.25. The molecule has 1 aromatic carbocycles. The van der Waals surface area contributed by atoms with Gasteiger partial charge >= 0.3 is 0 Å². The van der Waals surface area contributed by atoms with Gasteiger partial charge in [-0.15, -0.1) is 24.0 Å². The minimum atomic E-state index is -0.251. The van der Waals surface area contributed by atoms with Crippen LogP contribution in [0.4, 0.5) is 0 Å². The van der Waals surface area contributed by atoms with Crippen LogP contribution < -0.4 is 14.8 Å². The molecule has 0 aromatic heterocycles. The van der Waals surface area contributed by atoms with Gasteiger partial charge in [0.05, 0.1) is 12.6 Å². The first-order valence-corrected chi connectivity index (χ1v) is 7.36. The van der Waals surface area contributed by atoms with Gasteiger partial charge in [0, 0.05) is 19.6 Å². The number of aliphatic hydroxyl groups excluding tert-OH is 1. The van der Waals surface area contributed by atoms with Crippen LogP contribution in [0.25, 0.3) is 0 Å². The molecule has 2 N–H and O–H groups in total. The van der Waals surface area contributed by atoms with E-state index < -0.39 is 0 Å². The first-order valence-electron chi connectivity index (χ1n) is 7.36. The van der Waals surface area contributed by atoms with Crippen LogP contribution in [0.2, 0.25) is 0 Å². The van der Waals surface area contributed by atoms with E-state index in [9.17, 15) is 5.11 Å². The molecule has 0 aliphatic carbocycles. The molecule has 1 atom stereocenters. The van der Waals surface area contributed by atoms with E-state index in [1.165, 1.54) is 0 Å². The van der Waals surface area contributed by atoms with E-state index in [0.29, 0.717) is 13.1 Å². The summed E-state index contributed by atoms with van der Waals surface area (Å²) in [5, 5.41) is 12.9. The second-order valence-electron chi connectivity index (χ2n) is 5.25. The molecule has 1 aromatic rings. The number of hydrogen-bond donors (Lipinski definition) is 2. The predicted molar refractivity (Wildman–Crippen MR) is 95.0 cm³/mol. The van der Waals surface area contributed by atoms with E-state index in [2.05, 4.69) is 15.2 Å². The first-order chi connectivity index (χ1) is 10.3. The summed E-state index contributed by atoms with van der Waals surface area (Å²) in [6, 6.07) is 5.88. The largest absolute Gasteiger partial charge is 0.454 e. The molecule has 0 unspecified atom stereocenters. The van der Waals surface area contributed by atoms with Gasteiger partial charge in [0.15, 0.2) is 17.5 Å². The molecular formula is C15H22IN3O3. The number of nitrogens with zero attached hydrogens (tertiary/aromatic N) is 2. The number of ether oxygens (including phenoxy) is 2. The monoisotopic (exact) mass is 419 g/mol. The molecular weight excluding hydrogens is 397 g/mol. The van der Waals surface area contributed by atoms with Crippen LogP contribution in [0.15, 0.2) is 23.2 Å². The Balaban J connectivity index is 0.00000176. The molecule has 0 radical (unpaired) electrons. The lowest BCUT2D eigenvalue weighted by Gasteiger charge is -2.20. The van der Waals surface area contributed by atoms with Crippen LogP contribution in [-0.4, -0.2) is 48.5 Å². The summed E-state index contributed by atoms with van der Waals surface area (Å²) in [6.45, 7) is 5.21. The molecule has 2 aliphatic rings. The minimum Gasteiger partial charge on any atom is -0.454 e. The summed E-state index contributed by atoms with van der Waals surface area (Å²) in [5.41, 5.74) is 1.08. The molecule has 0 bridgehead atoms. The standard InChI is InChI=1S/C15H21N3O3.HI/c1-2-16-15(18-6-5-12(19)9-18)17-8-11-3-4-13-14(7-11)21-10-20-13;/h3-4,7,12,19H,2,5-6,8-10H2,1H3,(H,16,17);1H/t12-;/m1./s1. The highest BCUT2D eigenvalue weighted by Crippen LogP contribution is 2.32. The summed E-state index contributed by atoms with van der Waals surface area (Å²) in [7, 11) is 0. The van der Waals surface area contributed by atoms with Gasteiger partial charge in [-0.25, -0.2) is 4.99 Å². The molecule has 1 saturated heterocycles. The number of hydrogen-bond acceptors (Lipinski definition) is 4. The van der Waals surface area contributed by atoms with Crippen LogP contribution in [0.3, 0.4) is 0 Å². The molecule has 3 rings (SSSR count). The summed E-state index contributed by atoms with van der Waals surface area (Å²) in [6.07, 6.45) is 0.549. The van der Waals surface area contributed by atoms with Crippen LogP contribution in [0.1, 0.15) is 18.9 Å². The van der Waals surface area contributed by atoms with Crippen LogP contribution >= 0.6 is 24.0 Å². The van der Waals surface area contributed by atoms with Crippen molar-refractivity contribution in [2.45, 2.75) is 26.0 Å². The smallest absolute Gasteiger partial charge is 0.231 e. The van der Waals surface area contributed by atoms with Crippen molar-refractivity contribution in [2.75, 3.05) is 26.4 Å². The summed E-state index contributed by atoms with van der Waals surface area (Å²) < 4.78 is 10.7. The molecule has 2 aliphatic heterocycles. The highest BCUT2D eigenvalue weighted by atomic mass is 127. The number of halogens is 1. The van der Waals surface area contributed by atoms with Gasteiger partial charge in [0.2, 0.25) is 6.79 Å². The van der Waals surface area contributed by atoms with E-state index in [4.69, 9.17) is 9.47 Å². The Morgan fingerprint density at radius 2 is 2.23 bits per heavy atom. The first kappa shape index (κ1) is 17.1. The van der Waals surface area contributed by atoms with Gasteiger partial charge < -0.3 is 24.8 Å². The highest BCUT2D eigenvalue weighted by Gasteiger charge is 2.22. The second kappa shape index (κ2) is 7.87. The third-order valence-corrected chi connectivity index (χ3v) is 3.65. The van der Waals surface area contributed by atoms with E-state index in [1.807, 2.05) is 25.1 Å². The maximum absolute atomic E-state index is 9.65. The van der Waals surface area contributed by atoms with Gasteiger partial charge in [-0.2, -0.15) is 0 Å². The summed E-state index contributed by atoms with van der Waals surface area (Å²) in [4.78, 5) is 6.75. The lowest BCUT2D eigenvalue weighted by molar-refractivity contribution is 0.174. The van der Waals surface area contributed by atoms with E-state index >= 15 is 0 Å². The van der Waals surface area contributed by atoms with Gasteiger partial charge in [-0.3, -0.25) is 0 Å². The molecule has 122 valence electrons. The Bertz CT molecular complexity index is 539. The lowest BCUT2D eigenvalue weighted by atomic mass is 10.2. The molecule has 6 nitrogen and oxygen atoms in total. The number of benzene rings is 1. The quantitative estimate of drug-likeness (QED) is 0.443. The fourth-order valence-electron chi connectivity index (χ4n) is 2.57. The minimum absolute atomic E-state index is 0. The number of rotatable bonds is 3. The number of fused-ring (bicyclic) bond motifs is 1. The fourth-order valence-corrected chi connectivity index (χ4v) is 2.57. The predicted octanol–water partition coefficient (Wildman–Crippen LogP) is 1.57. The summed E-state index contributed by atoms with van der Waals surface area (Å²) in [5.74, 6) is 2.42. The lowest BCUT2D eigenvalue weighted by Crippen LogP contribution is -2.40. The van der Waals surface area contributed by atoms with Gasteiger partial charge in [0.1, 0.15) is 0 Å². The maximum atomic E-state index is 9.65. The maximum Gasteiger partial charge on any atom is 0.231 e. The Morgan fingerprint density at radius 3 is 2.95 bits per heavy atom. The summed E-state index contributed by atoms with van der Waals surface area (Å²) >= 11 is 0. The number of nitrogens with one attached hydrogen (secondary N) is 1. The Hall–Kier alpha value is -1.22. The fraction of sp³-hybridized carbons (Fsp3) is 0.533. The molecule has 22 heavy (non-hydrogen) atoms. The van der Waals surface area contributed by atoms with Crippen LogP contribution in [0.5, 0.6) is 11.5 Å². The number of guanidine groups is 1. The van der Waals surface area contributed by atoms with Crippen molar-refractivity contribution in [2.24, 2.45) is 4.99 Å². The number of β-amino-alcohol motifs (C(OH)–C–C–N with tert-alkyl or cyclic N) is 1. The molecule has 0 amide bonds. The average molecular weight is 419 g/mol. The normalized spacial score (nSPS) is 20.0. The van der Waals surface area contributed by atoms with Crippen LogP contribution in [-0.2, 0) is 6.54 Å². The van der Waals surface area contributed by atoms with Crippen molar-refractivity contribution in [1.29, 1.82) is 0 Å². The van der Waals surface area contributed by atoms with E-state index in [-0.39, 0.29) is 36.9 Å². The zero-order chi connectivity index (χ0) is 14.7. The number of likely N-dealkylation sites (tertiary alicyclic amines) is 1. The van der Waals surface area contributed by atoms with Gasteiger partial charge in [-0.1, -0.05) is 6.07 Å². The molecule has 0 spiro atoms. The molecule has 7 heteroatoms. The Morgan fingerprint density at radius 1 is 1.41 bits per heavy atom. The van der Waals surface area contributed by atoms with Crippen molar-refractivity contribution >= 4 is 29.9 Å². The van der Waals surface area contributed by atoms with E-state index in [0.717, 1.165) is 42.5 Å². The Labute approximate surface area is 147 Å². The third-order valence-electron chi connectivity index (χ3n) is 3.65. The van der Waals surface area contributed by atoms with Crippen molar-refractivity contribution in [3.05, 3.63) is 23.8 Å². The molecule has 0 saturated carbocycles. The van der Waals surface area contributed by atoms with Crippen LogP contribution in [0, 0.1) is 0 Å². The zero-order valence-corrected chi connectivity index (χ0v) is 14.9. The van der Waals surface area contributed by atoms with Gasteiger partial charge in [0.25, 0.3) is 0 Å². The van der Waals surface area contributed by atoms with Crippen molar-refractivity contribution in [3.8, 4) is 11.5 Å². The average Bonchev–Trinajstić information content (AvgIpc) is 3.11. The SMILES string of the molecule is CCNC(=NCc1ccc2c(c1)OCO2)N1CC[C@@H](O)C1.I. The molecule has 2 heterocycles. The number of aliphatic hydroxyl groups is 1. The third kappa shape index (κ3) is 3.95. The van der Waals surface area contributed by atoms with E-state index in [1.54, 1.807) is 0 Å².